The van der Waals surface area contributed by atoms with Crippen molar-refractivity contribution in [1.82, 2.24) is 5.32 Å². The van der Waals surface area contributed by atoms with E-state index < -0.39 is 0 Å². The summed E-state index contributed by atoms with van der Waals surface area (Å²) in [5.41, 5.74) is 0.893. The minimum absolute atomic E-state index is 0.115. The van der Waals surface area contributed by atoms with Crippen LogP contribution in [-0.4, -0.2) is 17.8 Å². The van der Waals surface area contributed by atoms with Gasteiger partial charge in [-0.2, -0.15) is 0 Å². The topological polar surface area (TPSA) is 29.1 Å². The molecule has 0 saturated carbocycles. The Hall–Kier alpha value is -1.09. The zero-order valence-corrected chi connectivity index (χ0v) is 10.9. The third kappa shape index (κ3) is 4.73. The SMILES string of the molecule is Cc1ccc(C(=O)NCCCC(C)Cl)cc1F. The summed E-state index contributed by atoms with van der Waals surface area (Å²) in [7, 11) is 0. The second-order valence-corrected chi connectivity index (χ2v) is 4.89. The highest BCUT2D eigenvalue weighted by Gasteiger charge is 2.07. The lowest BCUT2D eigenvalue weighted by atomic mass is 10.1. The number of hydrogen-bond acceptors (Lipinski definition) is 1. The average molecular weight is 258 g/mol. The number of alkyl halides is 1. The Labute approximate surface area is 106 Å². The number of nitrogens with one attached hydrogen (secondary N) is 1. The lowest BCUT2D eigenvalue weighted by Gasteiger charge is -2.06. The number of rotatable bonds is 5. The summed E-state index contributed by atoms with van der Waals surface area (Å²) in [5.74, 6) is -0.599. The molecule has 94 valence electrons. The molecule has 0 aliphatic rings. The molecule has 1 rings (SSSR count). The van der Waals surface area contributed by atoms with Crippen LogP contribution in [0, 0.1) is 12.7 Å². The second-order valence-electron chi connectivity index (χ2n) is 4.14. The van der Waals surface area contributed by atoms with Crippen molar-refractivity contribution in [1.29, 1.82) is 0 Å². The van der Waals surface area contributed by atoms with Crippen molar-refractivity contribution >= 4 is 17.5 Å². The highest BCUT2D eigenvalue weighted by Crippen LogP contribution is 2.09. The van der Waals surface area contributed by atoms with E-state index in [2.05, 4.69) is 5.32 Å². The van der Waals surface area contributed by atoms with Crippen LogP contribution in [-0.2, 0) is 0 Å². The molecule has 0 spiro atoms. The Morgan fingerprint density at radius 2 is 2.24 bits per heavy atom. The molecule has 1 atom stereocenters. The van der Waals surface area contributed by atoms with Crippen molar-refractivity contribution in [2.45, 2.75) is 32.1 Å². The first-order valence-corrected chi connectivity index (χ1v) is 6.12. The van der Waals surface area contributed by atoms with Crippen molar-refractivity contribution in [3.05, 3.63) is 35.1 Å². The molecule has 0 radical (unpaired) electrons. The van der Waals surface area contributed by atoms with E-state index >= 15 is 0 Å². The van der Waals surface area contributed by atoms with E-state index in [0.29, 0.717) is 17.7 Å². The maximum absolute atomic E-state index is 13.2. The van der Waals surface area contributed by atoms with Crippen molar-refractivity contribution in [3.8, 4) is 0 Å². The fourth-order valence-corrected chi connectivity index (χ4v) is 1.58. The molecular formula is C13H17ClFNO. The molecule has 0 fully saturated rings. The van der Waals surface area contributed by atoms with E-state index in [1.807, 2.05) is 6.92 Å². The van der Waals surface area contributed by atoms with Crippen LogP contribution in [0.5, 0.6) is 0 Å². The highest BCUT2D eigenvalue weighted by atomic mass is 35.5. The van der Waals surface area contributed by atoms with Gasteiger partial charge < -0.3 is 5.32 Å². The minimum atomic E-state index is -0.355. The Kier molecular flexibility index (Phi) is 5.42. The fraction of sp³-hybridized carbons (Fsp3) is 0.462. The predicted octanol–water partition coefficient (Wildman–Crippen LogP) is 3.27. The summed E-state index contributed by atoms with van der Waals surface area (Å²) in [4.78, 5) is 11.6. The van der Waals surface area contributed by atoms with Gasteiger partial charge in [0.25, 0.3) is 5.91 Å². The summed E-state index contributed by atoms with van der Waals surface area (Å²) < 4.78 is 13.2. The zero-order valence-electron chi connectivity index (χ0n) is 10.1. The maximum Gasteiger partial charge on any atom is 0.251 e. The number of halogens is 2. The molecule has 1 N–H and O–H groups in total. The van der Waals surface area contributed by atoms with Gasteiger partial charge in [0.1, 0.15) is 5.82 Å². The molecule has 0 heterocycles. The first kappa shape index (κ1) is 14.0. The third-order valence-corrected chi connectivity index (χ3v) is 2.72. The third-order valence-electron chi connectivity index (χ3n) is 2.50. The second kappa shape index (κ2) is 6.60. The Balaban J connectivity index is 2.44. The van der Waals surface area contributed by atoms with Gasteiger partial charge in [-0.1, -0.05) is 6.07 Å². The molecule has 1 aromatic rings. The number of carbonyl (C=O) groups is 1. The summed E-state index contributed by atoms with van der Waals surface area (Å²) in [6.45, 7) is 4.14. The van der Waals surface area contributed by atoms with Crippen molar-refractivity contribution in [3.63, 3.8) is 0 Å². The number of carbonyl (C=O) groups excluding carboxylic acids is 1. The Morgan fingerprint density at radius 3 is 2.82 bits per heavy atom. The van der Waals surface area contributed by atoms with Gasteiger partial charge in [-0.25, -0.2) is 4.39 Å². The van der Waals surface area contributed by atoms with E-state index in [4.69, 9.17) is 11.6 Å². The molecule has 0 aliphatic heterocycles. The molecule has 1 aromatic carbocycles. The van der Waals surface area contributed by atoms with E-state index in [-0.39, 0.29) is 17.1 Å². The van der Waals surface area contributed by atoms with Crippen molar-refractivity contribution in [2.24, 2.45) is 0 Å². The molecule has 0 saturated heterocycles. The van der Waals surface area contributed by atoms with E-state index in [0.717, 1.165) is 12.8 Å². The molecule has 4 heteroatoms. The van der Waals surface area contributed by atoms with Crippen LogP contribution in [0.25, 0.3) is 0 Å². The van der Waals surface area contributed by atoms with Crippen LogP contribution in [0.15, 0.2) is 18.2 Å². The van der Waals surface area contributed by atoms with Crippen LogP contribution in [0.3, 0.4) is 0 Å². The lowest BCUT2D eigenvalue weighted by Crippen LogP contribution is -2.24. The monoisotopic (exact) mass is 257 g/mol. The smallest absolute Gasteiger partial charge is 0.251 e. The standard InChI is InChI=1S/C13H17ClFNO/c1-9-5-6-11(8-12(9)15)13(17)16-7-3-4-10(2)14/h5-6,8,10H,3-4,7H2,1-2H3,(H,16,17). The van der Waals surface area contributed by atoms with Gasteiger partial charge >= 0.3 is 0 Å². The lowest BCUT2D eigenvalue weighted by molar-refractivity contribution is 0.0952. The van der Waals surface area contributed by atoms with E-state index in [1.54, 1.807) is 19.1 Å². The van der Waals surface area contributed by atoms with Gasteiger partial charge in [0.15, 0.2) is 0 Å². The zero-order chi connectivity index (χ0) is 12.8. The van der Waals surface area contributed by atoms with E-state index in [1.165, 1.54) is 6.07 Å². The van der Waals surface area contributed by atoms with Gasteiger partial charge in [-0.15, -0.1) is 11.6 Å². The largest absolute Gasteiger partial charge is 0.352 e. The van der Waals surface area contributed by atoms with Crippen LogP contribution >= 0.6 is 11.6 Å². The number of amides is 1. The van der Waals surface area contributed by atoms with Crippen LogP contribution in [0.2, 0.25) is 0 Å². The molecule has 2 nitrogen and oxygen atoms in total. The van der Waals surface area contributed by atoms with Crippen molar-refractivity contribution in [2.75, 3.05) is 6.54 Å². The molecule has 1 amide bonds. The summed E-state index contributed by atoms with van der Waals surface area (Å²) >= 11 is 5.79. The van der Waals surface area contributed by atoms with Gasteiger partial charge in [-0.3, -0.25) is 4.79 Å². The van der Waals surface area contributed by atoms with Crippen molar-refractivity contribution < 1.29 is 9.18 Å². The van der Waals surface area contributed by atoms with Gasteiger partial charge in [0, 0.05) is 17.5 Å². The number of aryl methyl sites for hydroxylation is 1. The molecule has 1 unspecified atom stereocenters. The minimum Gasteiger partial charge on any atom is -0.352 e. The Bertz CT molecular complexity index is 393. The molecule has 17 heavy (non-hydrogen) atoms. The van der Waals surface area contributed by atoms with Crippen LogP contribution < -0.4 is 5.32 Å². The molecule has 0 aliphatic carbocycles. The summed E-state index contributed by atoms with van der Waals surface area (Å²) in [6.07, 6.45) is 1.68. The summed E-state index contributed by atoms with van der Waals surface area (Å²) in [5, 5.41) is 2.85. The first-order valence-electron chi connectivity index (χ1n) is 5.69. The first-order chi connectivity index (χ1) is 8.00. The van der Waals surface area contributed by atoms with Gasteiger partial charge in [0.05, 0.1) is 0 Å². The number of benzene rings is 1. The highest BCUT2D eigenvalue weighted by molar-refractivity contribution is 6.20. The van der Waals surface area contributed by atoms with E-state index in [9.17, 15) is 9.18 Å². The normalized spacial score (nSPS) is 12.2. The predicted molar refractivity (Wildman–Crippen MR) is 68.0 cm³/mol. The number of hydrogen-bond donors (Lipinski definition) is 1. The van der Waals surface area contributed by atoms with Crippen LogP contribution in [0.4, 0.5) is 4.39 Å². The molecular weight excluding hydrogens is 241 g/mol. The molecule has 0 bridgehead atoms. The fourth-order valence-electron chi connectivity index (χ4n) is 1.42. The van der Waals surface area contributed by atoms with Crippen LogP contribution in [0.1, 0.15) is 35.7 Å². The summed E-state index contributed by atoms with van der Waals surface area (Å²) in [6, 6.07) is 4.48. The quantitative estimate of drug-likeness (QED) is 0.637. The van der Waals surface area contributed by atoms with Gasteiger partial charge in [0.2, 0.25) is 0 Å². The van der Waals surface area contributed by atoms with Gasteiger partial charge in [-0.05, 0) is 44.4 Å². The maximum atomic E-state index is 13.2. The molecule has 0 aromatic heterocycles. The average Bonchev–Trinajstić information content (AvgIpc) is 2.27. The Morgan fingerprint density at radius 1 is 1.53 bits per heavy atom.